The van der Waals surface area contributed by atoms with Gasteiger partial charge in [-0.05, 0) is 24.6 Å². The Morgan fingerprint density at radius 2 is 1.94 bits per heavy atom. The lowest BCUT2D eigenvalue weighted by Crippen LogP contribution is -2.37. The van der Waals surface area contributed by atoms with E-state index in [1.54, 1.807) is 13.0 Å². The molecule has 3 heteroatoms. The second kappa shape index (κ2) is 4.16. The van der Waals surface area contributed by atoms with Crippen molar-refractivity contribution in [2.45, 2.75) is 33.2 Å². The summed E-state index contributed by atoms with van der Waals surface area (Å²) in [6.07, 6.45) is 0. The Morgan fingerprint density at radius 3 is 2.38 bits per heavy atom. The molecule has 0 bridgehead atoms. The van der Waals surface area contributed by atoms with Crippen molar-refractivity contribution in [3.05, 3.63) is 35.1 Å². The lowest BCUT2D eigenvalue weighted by atomic mass is 10.1. The van der Waals surface area contributed by atoms with Crippen molar-refractivity contribution in [3.63, 3.8) is 0 Å². The molecule has 0 spiro atoms. The van der Waals surface area contributed by atoms with Crippen molar-refractivity contribution in [2.24, 2.45) is 0 Å². The van der Waals surface area contributed by atoms with Gasteiger partial charge in [-0.1, -0.05) is 6.07 Å². The summed E-state index contributed by atoms with van der Waals surface area (Å²) >= 11 is 0. The molecule has 0 aliphatic heterocycles. The molecule has 1 aromatic carbocycles. The van der Waals surface area contributed by atoms with E-state index in [1.165, 1.54) is 16.7 Å². The van der Waals surface area contributed by atoms with E-state index in [2.05, 4.69) is 6.72 Å². The number of hydrogen-bond acceptors (Lipinski definition) is 1. The highest BCUT2D eigenvalue weighted by atomic mass is 19.1. The summed E-state index contributed by atoms with van der Waals surface area (Å²) in [6, 6.07) is 4.56. The van der Waals surface area contributed by atoms with Crippen LogP contribution in [-0.4, -0.2) is 22.7 Å². The fourth-order valence-electron chi connectivity index (χ4n) is 1.24. The molecule has 86 valence electrons. The van der Waals surface area contributed by atoms with E-state index in [4.69, 9.17) is 0 Å². The molecule has 1 aromatic rings. The maximum absolute atomic E-state index is 13.6. The molecule has 0 atom stereocenters. The predicted octanol–water partition coefficient (Wildman–Crippen LogP) is 2.79. The van der Waals surface area contributed by atoms with Crippen LogP contribution in [0.3, 0.4) is 0 Å². The molecule has 0 saturated carbocycles. The van der Waals surface area contributed by atoms with Crippen LogP contribution >= 0.6 is 0 Å². The Morgan fingerprint density at radius 1 is 1.38 bits per heavy atom. The van der Waals surface area contributed by atoms with Gasteiger partial charge < -0.3 is 0 Å². The van der Waals surface area contributed by atoms with Crippen molar-refractivity contribution in [3.8, 4) is 0 Å². The van der Waals surface area contributed by atoms with Crippen LogP contribution in [0.4, 0.5) is 4.39 Å². The molecule has 0 saturated heterocycles. The molecule has 16 heavy (non-hydrogen) atoms. The third-order valence-corrected chi connectivity index (χ3v) is 2.41. The van der Waals surface area contributed by atoms with Crippen molar-refractivity contribution in [1.82, 2.24) is 0 Å². The monoisotopic (exact) mass is 222 g/mol. The molecule has 0 aliphatic carbocycles. The molecule has 0 N–H and O–H groups in total. The lowest BCUT2D eigenvalue weighted by Gasteiger charge is -2.14. The minimum Gasteiger partial charge on any atom is -0.214 e. The van der Waals surface area contributed by atoms with E-state index in [9.17, 15) is 9.18 Å². The highest BCUT2D eigenvalue weighted by Gasteiger charge is 2.31. The Hall–Kier alpha value is -1.51. The summed E-state index contributed by atoms with van der Waals surface area (Å²) in [4.78, 5) is 11.9. The van der Waals surface area contributed by atoms with E-state index >= 15 is 0 Å². The number of benzene rings is 1. The molecule has 0 radical (unpaired) electrons. The van der Waals surface area contributed by atoms with Gasteiger partial charge in [-0.15, -0.1) is 0 Å². The van der Waals surface area contributed by atoms with Crippen LogP contribution in [0.2, 0.25) is 0 Å². The van der Waals surface area contributed by atoms with Gasteiger partial charge in [-0.3, -0.25) is 0 Å². The zero-order valence-corrected chi connectivity index (χ0v) is 10.2. The Bertz CT molecular complexity index is 444. The fraction of sp³-hybridized carbons (Fsp3) is 0.385. The molecular formula is C13H17FNO+. The molecule has 0 fully saturated rings. The fourth-order valence-corrected chi connectivity index (χ4v) is 1.24. The predicted molar refractivity (Wildman–Crippen MR) is 62.6 cm³/mol. The SMILES string of the molecule is C=[N+](C(=O)c1ccc(C)cc1F)C(C)(C)C. The van der Waals surface area contributed by atoms with Crippen molar-refractivity contribution >= 4 is 12.6 Å². The van der Waals surface area contributed by atoms with Crippen LogP contribution in [0.5, 0.6) is 0 Å². The normalized spacial score (nSPS) is 11.3. The van der Waals surface area contributed by atoms with Crippen LogP contribution in [0.25, 0.3) is 0 Å². The van der Waals surface area contributed by atoms with Crippen molar-refractivity contribution < 1.29 is 13.8 Å². The van der Waals surface area contributed by atoms with Gasteiger partial charge in [-0.25, -0.2) is 9.18 Å². The number of carbonyl (C=O) groups excluding carboxylic acids is 1. The summed E-state index contributed by atoms with van der Waals surface area (Å²) in [6.45, 7) is 11.0. The van der Waals surface area contributed by atoms with Gasteiger partial charge in [-0.2, -0.15) is 4.58 Å². The molecule has 0 aromatic heterocycles. The lowest BCUT2D eigenvalue weighted by molar-refractivity contribution is -0.498. The van der Waals surface area contributed by atoms with Crippen LogP contribution in [0.1, 0.15) is 36.7 Å². The molecule has 0 heterocycles. The van der Waals surface area contributed by atoms with Gasteiger partial charge in [0.25, 0.3) is 0 Å². The molecule has 2 nitrogen and oxygen atoms in total. The summed E-state index contributed by atoms with van der Waals surface area (Å²) in [5, 5.41) is 0. The van der Waals surface area contributed by atoms with Crippen LogP contribution < -0.4 is 0 Å². The zero-order valence-electron chi connectivity index (χ0n) is 10.2. The number of aryl methyl sites for hydroxylation is 1. The second-order valence-electron chi connectivity index (χ2n) is 4.89. The largest absolute Gasteiger partial charge is 0.422 e. The summed E-state index contributed by atoms with van der Waals surface area (Å²) in [7, 11) is 0. The zero-order chi connectivity index (χ0) is 12.5. The number of halogens is 1. The Kier molecular flexibility index (Phi) is 3.27. The topological polar surface area (TPSA) is 20.1 Å². The van der Waals surface area contributed by atoms with Gasteiger partial charge in [0.05, 0.1) is 0 Å². The molecule has 1 amide bonds. The third-order valence-electron chi connectivity index (χ3n) is 2.41. The number of carbonyl (C=O) groups is 1. The molecule has 0 unspecified atom stereocenters. The smallest absolute Gasteiger partial charge is 0.214 e. The second-order valence-corrected chi connectivity index (χ2v) is 4.89. The standard InChI is InChI=1S/C13H17FNO/c1-9-6-7-10(11(14)8-9)12(16)15(5)13(2,3)4/h6-8H,5H2,1-4H3/q+1. The first kappa shape index (κ1) is 12.6. The van der Waals surface area contributed by atoms with Gasteiger partial charge in [0.1, 0.15) is 18.1 Å². The van der Waals surface area contributed by atoms with Crippen LogP contribution in [-0.2, 0) is 0 Å². The van der Waals surface area contributed by atoms with Gasteiger partial charge in [0, 0.05) is 20.8 Å². The first-order chi connectivity index (χ1) is 7.23. The first-order valence-corrected chi connectivity index (χ1v) is 5.14. The van der Waals surface area contributed by atoms with E-state index in [1.807, 2.05) is 20.8 Å². The summed E-state index contributed by atoms with van der Waals surface area (Å²) < 4.78 is 14.9. The molecule has 1 rings (SSSR count). The average molecular weight is 222 g/mol. The van der Waals surface area contributed by atoms with Gasteiger partial charge in [0.2, 0.25) is 0 Å². The van der Waals surface area contributed by atoms with E-state index in [0.29, 0.717) is 0 Å². The third kappa shape index (κ3) is 2.54. The minimum absolute atomic E-state index is 0.0653. The Labute approximate surface area is 95.4 Å². The highest BCUT2D eigenvalue weighted by Crippen LogP contribution is 2.15. The maximum atomic E-state index is 13.6. The van der Waals surface area contributed by atoms with E-state index < -0.39 is 17.3 Å². The summed E-state index contributed by atoms with van der Waals surface area (Å²) in [5.41, 5.74) is 0.435. The number of rotatable bonds is 1. The minimum atomic E-state index is -0.497. The van der Waals surface area contributed by atoms with E-state index in [-0.39, 0.29) is 5.56 Å². The quantitative estimate of drug-likeness (QED) is 0.528. The van der Waals surface area contributed by atoms with E-state index in [0.717, 1.165) is 5.56 Å². The Balaban J connectivity index is 3.11. The summed E-state index contributed by atoms with van der Waals surface area (Å²) in [5.74, 6) is -0.895. The molecular weight excluding hydrogens is 205 g/mol. The van der Waals surface area contributed by atoms with Gasteiger partial charge >= 0.3 is 5.91 Å². The number of hydrogen-bond donors (Lipinski definition) is 0. The first-order valence-electron chi connectivity index (χ1n) is 5.14. The van der Waals surface area contributed by atoms with Crippen molar-refractivity contribution in [2.75, 3.05) is 0 Å². The van der Waals surface area contributed by atoms with Crippen LogP contribution in [0.15, 0.2) is 18.2 Å². The van der Waals surface area contributed by atoms with Gasteiger partial charge in [0.15, 0.2) is 5.54 Å². The highest BCUT2D eigenvalue weighted by molar-refractivity contribution is 5.89. The number of amides is 1. The average Bonchev–Trinajstić information content (AvgIpc) is 2.14. The maximum Gasteiger partial charge on any atom is 0.422 e. The van der Waals surface area contributed by atoms with Crippen LogP contribution in [0, 0.1) is 12.7 Å². The number of nitrogens with zero attached hydrogens (tertiary/aromatic N) is 1. The molecule has 0 aliphatic rings. The van der Waals surface area contributed by atoms with Crippen molar-refractivity contribution in [1.29, 1.82) is 0 Å².